The first-order valence-corrected chi connectivity index (χ1v) is 7.12. The third-order valence-electron chi connectivity index (χ3n) is 3.05. The van der Waals surface area contributed by atoms with Gasteiger partial charge in [0.1, 0.15) is 17.4 Å². The van der Waals surface area contributed by atoms with Crippen molar-refractivity contribution in [3.63, 3.8) is 0 Å². The number of halogens is 1. The lowest BCUT2D eigenvalue weighted by Gasteiger charge is -2.08. The number of para-hydroxylation sites is 1. The smallest absolute Gasteiger partial charge is 0.287 e. The number of rotatable bonds is 4. The molecule has 2 heterocycles. The molecule has 0 aliphatic carbocycles. The first-order valence-electron chi connectivity index (χ1n) is 6.33. The molecule has 108 valence electrons. The Morgan fingerprint density at radius 1 is 1.33 bits per heavy atom. The van der Waals surface area contributed by atoms with Gasteiger partial charge in [-0.25, -0.2) is 0 Å². The molecule has 3 rings (SSSR count). The number of furan rings is 2. The van der Waals surface area contributed by atoms with E-state index in [0.717, 1.165) is 9.86 Å². The molecule has 0 fully saturated rings. The van der Waals surface area contributed by atoms with E-state index in [0.29, 0.717) is 11.3 Å². The Morgan fingerprint density at radius 2 is 2.19 bits per heavy atom. The zero-order valence-electron chi connectivity index (χ0n) is 10.9. The highest BCUT2D eigenvalue weighted by molar-refractivity contribution is 9.10. The zero-order valence-corrected chi connectivity index (χ0v) is 12.5. The zero-order chi connectivity index (χ0) is 14.8. The summed E-state index contributed by atoms with van der Waals surface area (Å²) in [5.41, 5.74) is 0.620. The van der Waals surface area contributed by atoms with Crippen LogP contribution in [0.25, 0.3) is 11.0 Å². The molecule has 1 unspecified atom stereocenters. The van der Waals surface area contributed by atoms with E-state index in [4.69, 9.17) is 8.83 Å². The van der Waals surface area contributed by atoms with Gasteiger partial charge in [-0.3, -0.25) is 4.79 Å². The van der Waals surface area contributed by atoms with E-state index >= 15 is 0 Å². The quantitative estimate of drug-likeness (QED) is 0.757. The molecule has 0 saturated carbocycles. The van der Waals surface area contributed by atoms with E-state index in [2.05, 4.69) is 21.2 Å². The minimum absolute atomic E-state index is 0.0462. The SMILES string of the molecule is O=C(NCC(O)c1ccco1)c1cc2cccc(Br)c2o1. The van der Waals surface area contributed by atoms with Crippen LogP contribution < -0.4 is 5.32 Å². The number of carbonyl (C=O) groups excluding carboxylic acids is 1. The van der Waals surface area contributed by atoms with Crippen LogP contribution in [0.3, 0.4) is 0 Å². The number of aliphatic hydroxyl groups is 1. The Labute approximate surface area is 128 Å². The van der Waals surface area contributed by atoms with E-state index in [9.17, 15) is 9.90 Å². The van der Waals surface area contributed by atoms with Crippen molar-refractivity contribution in [3.05, 3.63) is 58.7 Å². The lowest BCUT2D eigenvalue weighted by atomic mass is 10.2. The maximum Gasteiger partial charge on any atom is 0.287 e. The van der Waals surface area contributed by atoms with Crippen molar-refractivity contribution in [3.8, 4) is 0 Å². The number of amides is 1. The molecule has 0 aliphatic heterocycles. The number of benzene rings is 1. The van der Waals surface area contributed by atoms with E-state index in [1.165, 1.54) is 6.26 Å². The molecule has 2 N–H and O–H groups in total. The van der Waals surface area contributed by atoms with Gasteiger partial charge in [0.25, 0.3) is 5.91 Å². The molecule has 1 atom stereocenters. The van der Waals surface area contributed by atoms with Crippen molar-refractivity contribution in [2.24, 2.45) is 0 Å². The molecular weight excluding hydrogens is 338 g/mol. The van der Waals surface area contributed by atoms with Crippen LogP contribution in [0.2, 0.25) is 0 Å². The molecule has 0 radical (unpaired) electrons. The Balaban J connectivity index is 1.71. The Hall–Kier alpha value is -2.05. The fraction of sp³-hybridized carbons (Fsp3) is 0.133. The number of hydrogen-bond acceptors (Lipinski definition) is 4. The van der Waals surface area contributed by atoms with Crippen LogP contribution in [0.5, 0.6) is 0 Å². The van der Waals surface area contributed by atoms with Gasteiger partial charge in [-0.05, 0) is 40.2 Å². The van der Waals surface area contributed by atoms with Gasteiger partial charge in [-0.1, -0.05) is 12.1 Å². The maximum absolute atomic E-state index is 12.0. The van der Waals surface area contributed by atoms with Crippen LogP contribution in [-0.4, -0.2) is 17.6 Å². The van der Waals surface area contributed by atoms with Crippen molar-refractivity contribution in [2.75, 3.05) is 6.54 Å². The molecule has 2 aromatic heterocycles. The predicted molar refractivity (Wildman–Crippen MR) is 79.9 cm³/mol. The third-order valence-corrected chi connectivity index (χ3v) is 3.67. The highest BCUT2D eigenvalue weighted by Crippen LogP contribution is 2.26. The summed E-state index contributed by atoms with van der Waals surface area (Å²) in [5, 5.41) is 13.3. The van der Waals surface area contributed by atoms with Gasteiger partial charge in [-0.2, -0.15) is 0 Å². The summed E-state index contributed by atoms with van der Waals surface area (Å²) in [6.07, 6.45) is 0.581. The number of aliphatic hydroxyl groups excluding tert-OH is 1. The van der Waals surface area contributed by atoms with E-state index in [-0.39, 0.29) is 18.2 Å². The molecule has 0 bridgehead atoms. The molecule has 1 amide bonds. The summed E-state index contributed by atoms with van der Waals surface area (Å²) in [7, 11) is 0. The molecule has 1 aromatic carbocycles. The van der Waals surface area contributed by atoms with Crippen LogP contribution in [0, 0.1) is 0 Å². The largest absolute Gasteiger partial charge is 0.467 e. The van der Waals surface area contributed by atoms with Crippen molar-refractivity contribution in [2.45, 2.75) is 6.10 Å². The highest BCUT2D eigenvalue weighted by Gasteiger charge is 2.16. The molecule has 0 aliphatic rings. The summed E-state index contributed by atoms with van der Waals surface area (Å²) in [6.45, 7) is 0.0462. The first kappa shape index (κ1) is 13.9. The second-order valence-electron chi connectivity index (χ2n) is 4.51. The average Bonchev–Trinajstić information content (AvgIpc) is 3.13. The van der Waals surface area contributed by atoms with Crippen LogP contribution in [-0.2, 0) is 0 Å². The van der Waals surface area contributed by atoms with Crippen molar-refractivity contribution < 1.29 is 18.7 Å². The lowest BCUT2D eigenvalue weighted by molar-refractivity contribution is 0.0876. The number of hydrogen-bond donors (Lipinski definition) is 2. The monoisotopic (exact) mass is 349 g/mol. The summed E-state index contributed by atoms with van der Waals surface area (Å²) < 4.78 is 11.4. The second kappa shape index (κ2) is 5.75. The number of nitrogens with one attached hydrogen (secondary N) is 1. The molecule has 6 heteroatoms. The normalized spacial score (nSPS) is 12.5. The van der Waals surface area contributed by atoms with Gasteiger partial charge in [0, 0.05) is 5.39 Å². The lowest BCUT2D eigenvalue weighted by Crippen LogP contribution is -2.27. The standard InChI is InChI=1S/C15H12BrNO4/c16-10-4-1-3-9-7-13(21-14(9)10)15(19)17-8-11(18)12-5-2-6-20-12/h1-7,11,18H,8H2,(H,17,19). The Kier molecular flexibility index (Phi) is 3.81. The van der Waals surface area contributed by atoms with Crippen LogP contribution in [0.4, 0.5) is 0 Å². The first-order chi connectivity index (χ1) is 10.1. The van der Waals surface area contributed by atoms with Crippen LogP contribution in [0.15, 0.2) is 56.0 Å². The number of fused-ring (bicyclic) bond motifs is 1. The third kappa shape index (κ3) is 2.86. The molecule has 0 saturated heterocycles. The Bertz CT molecular complexity index is 763. The molecular formula is C15H12BrNO4. The molecule has 21 heavy (non-hydrogen) atoms. The van der Waals surface area contributed by atoms with Gasteiger partial charge in [0.05, 0.1) is 17.3 Å². The molecule has 0 spiro atoms. The maximum atomic E-state index is 12.0. The van der Waals surface area contributed by atoms with Crippen LogP contribution >= 0.6 is 15.9 Å². The predicted octanol–water partition coefficient (Wildman–Crippen LogP) is 3.25. The van der Waals surface area contributed by atoms with E-state index in [1.54, 1.807) is 18.2 Å². The summed E-state index contributed by atoms with van der Waals surface area (Å²) in [4.78, 5) is 12.0. The topological polar surface area (TPSA) is 75.6 Å². The number of carbonyl (C=O) groups is 1. The van der Waals surface area contributed by atoms with E-state index < -0.39 is 6.10 Å². The summed E-state index contributed by atoms with van der Waals surface area (Å²) in [6, 6.07) is 10.6. The van der Waals surface area contributed by atoms with Gasteiger partial charge >= 0.3 is 0 Å². The Morgan fingerprint density at radius 3 is 2.90 bits per heavy atom. The van der Waals surface area contributed by atoms with Crippen molar-refractivity contribution in [1.82, 2.24) is 5.32 Å². The van der Waals surface area contributed by atoms with Gasteiger partial charge in [0.2, 0.25) is 0 Å². The second-order valence-corrected chi connectivity index (χ2v) is 5.36. The molecule has 5 nitrogen and oxygen atoms in total. The van der Waals surface area contributed by atoms with E-state index in [1.807, 2.05) is 18.2 Å². The van der Waals surface area contributed by atoms with Gasteiger partial charge in [0.15, 0.2) is 5.76 Å². The fourth-order valence-corrected chi connectivity index (χ4v) is 2.46. The molecule has 3 aromatic rings. The van der Waals surface area contributed by atoms with Crippen molar-refractivity contribution in [1.29, 1.82) is 0 Å². The average molecular weight is 350 g/mol. The van der Waals surface area contributed by atoms with Gasteiger partial charge in [-0.15, -0.1) is 0 Å². The highest BCUT2D eigenvalue weighted by atomic mass is 79.9. The minimum atomic E-state index is -0.889. The van der Waals surface area contributed by atoms with Crippen molar-refractivity contribution >= 4 is 32.8 Å². The minimum Gasteiger partial charge on any atom is -0.467 e. The van der Waals surface area contributed by atoms with Crippen LogP contribution in [0.1, 0.15) is 22.4 Å². The summed E-state index contributed by atoms with van der Waals surface area (Å²) in [5.74, 6) is 0.218. The fourth-order valence-electron chi connectivity index (χ4n) is 2.00. The summed E-state index contributed by atoms with van der Waals surface area (Å²) >= 11 is 3.37. The van der Waals surface area contributed by atoms with Gasteiger partial charge < -0.3 is 19.3 Å².